The van der Waals surface area contributed by atoms with Crippen LogP contribution in [-0.2, 0) is 32.7 Å². The molecule has 0 aliphatic rings. The molecule has 0 atom stereocenters. The fourth-order valence-corrected chi connectivity index (χ4v) is 0.721. The van der Waals surface area contributed by atoms with E-state index in [4.69, 9.17) is 4.74 Å². The van der Waals surface area contributed by atoms with Crippen molar-refractivity contribution in [1.82, 2.24) is 9.97 Å². The van der Waals surface area contributed by atoms with Crippen LogP contribution in [0.4, 0.5) is 0 Å². The number of aryl methyl sites for hydroxylation is 2. The second-order valence-corrected chi connectivity index (χ2v) is 2.01. The third-order valence-corrected chi connectivity index (χ3v) is 1.07. The van der Waals surface area contributed by atoms with Crippen LogP contribution < -0.4 is 4.74 Å². The van der Waals surface area contributed by atoms with Crippen LogP contribution in [0, 0.1) is 19.9 Å². The van der Waals surface area contributed by atoms with E-state index >= 15 is 0 Å². The van der Waals surface area contributed by atoms with Gasteiger partial charge >= 0.3 is 6.01 Å². The monoisotopic (exact) mass is 226 g/mol. The molecule has 0 fully saturated rings. The van der Waals surface area contributed by atoms with E-state index in [0.29, 0.717) is 6.01 Å². The summed E-state index contributed by atoms with van der Waals surface area (Å²) in [6, 6.07) is 3.35. The number of hydrogen-bond acceptors (Lipinski definition) is 3. The number of rotatable bonds is 1. The maximum atomic E-state index is 4.83. The largest absolute Gasteiger partial charge is 0.467 e. The van der Waals surface area contributed by atoms with Gasteiger partial charge in [0.05, 0.1) is 7.11 Å². The molecule has 4 heteroatoms. The topological polar surface area (TPSA) is 35.0 Å². The third-order valence-electron chi connectivity index (χ3n) is 1.07. The summed E-state index contributed by atoms with van der Waals surface area (Å²) in [6.45, 7) is 3.72. The van der Waals surface area contributed by atoms with Gasteiger partial charge in [0.1, 0.15) is 0 Å². The Bertz CT molecular complexity index is 220. The van der Waals surface area contributed by atoms with Crippen LogP contribution in [0.15, 0.2) is 0 Å². The predicted molar refractivity (Wildman–Crippen MR) is 36.9 cm³/mol. The predicted octanol–water partition coefficient (Wildman–Crippen LogP) is 0.900. The van der Waals surface area contributed by atoms with Crippen molar-refractivity contribution >= 4 is 0 Å². The summed E-state index contributed by atoms with van der Waals surface area (Å²) in [5.41, 5.74) is 1.62. The Balaban J connectivity index is 0.000001000. The van der Waals surface area contributed by atoms with Gasteiger partial charge in [0.15, 0.2) is 0 Å². The van der Waals surface area contributed by atoms with Crippen molar-refractivity contribution in [2.45, 2.75) is 13.8 Å². The molecule has 0 spiro atoms. The quantitative estimate of drug-likeness (QED) is 0.667. The molecular formula is C7H9N2OY-. The van der Waals surface area contributed by atoms with Crippen LogP contribution >= 0.6 is 0 Å². The first-order valence-corrected chi connectivity index (χ1v) is 3.01. The van der Waals surface area contributed by atoms with Crippen LogP contribution in [0.1, 0.15) is 11.4 Å². The number of methoxy groups -OCH3 is 1. The van der Waals surface area contributed by atoms with Crippen molar-refractivity contribution in [3.05, 3.63) is 17.5 Å². The van der Waals surface area contributed by atoms with Crippen molar-refractivity contribution in [3.63, 3.8) is 0 Å². The molecule has 11 heavy (non-hydrogen) atoms. The molecule has 0 saturated heterocycles. The first-order valence-electron chi connectivity index (χ1n) is 3.01. The van der Waals surface area contributed by atoms with Gasteiger partial charge in [-0.15, -0.1) is 11.4 Å². The number of ether oxygens (including phenoxy) is 1. The minimum atomic E-state index is 0. The molecule has 0 N–H and O–H groups in total. The molecule has 57 valence electrons. The Morgan fingerprint density at radius 1 is 1.18 bits per heavy atom. The summed E-state index contributed by atoms with van der Waals surface area (Å²) in [7, 11) is 1.55. The van der Waals surface area contributed by atoms with Gasteiger partial charge < -0.3 is 10.8 Å². The molecule has 1 heterocycles. The van der Waals surface area contributed by atoms with Crippen LogP contribution in [0.5, 0.6) is 6.01 Å². The molecule has 1 aromatic heterocycles. The molecule has 1 rings (SSSR count). The van der Waals surface area contributed by atoms with Gasteiger partial charge in [-0.05, 0) is 0 Å². The van der Waals surface area contributed by atoms with Crippen LogP contribution in [0.3, 0.4) is 0 Å². The van der Waals surface area contributed by atoms with Crippen molar-refractivity contribution in [1.29, 1.82) is 0 Å². The van der Waals surface area contributed by atoms with Gasteiger partial charge in [0, 0.05) is 32.7 Å². The molecule has 0 aromatic carbocycles. The minimum Gasteiger partial charge on any atom is -0.467 e. The third kappa shape index (κ3) is 3.25. The van der Waals surface area contributed by atoms with Gasteiger partial charge in [-0.2, -0.15) is 0 Å². The number of aromatic nitrogens is 2. The molecule has 1 aromatic rings. The Morgan fingerprint density at radius 3 is 2.00 bits per heavy atom. The normalized spacial score (nSPS) is 8.64. The molecule has 0 aliphatic carbocycles. The van der Waals surface area contributed by atoms with Crippen molar-refractivity contribution < 1.29 is 37.4 Å². The second-order valence-electron chi connectivity index (χ2n) is 2.01. The molecule has 0 saturated carbocycles. The Labute approximate surface area is 91.5 Å². The molecule has 0 aliphatic heterocycles. The summed E-state index contributed by atoms with van der Waals surface area (Å²) in [6.07, 6.45) is 0. The fraction of sp³-hybridized carbons (Fsp3) is 0.429. The van der Waals surface area contributed by atoms with E-state index in [9.17, 15) is 0 Å². The van der Waals surface area contributed by atoms with E-state index in [1.54, 1.807) is 7.11 Å². The first-order chi connectivity index (χ1) is 4.72. The average Bonchev–Trinajstić information content (AvgIpc) is 1.85. The molecular weight excluding hydrogens is 217 g/mol. The summed E-state index contributed by atoms with van der Waals surface area (Å²) in [4.78, 5) is 7.93. The minimum absolute atomic E-state index is 0. The molecule has 0 bridgehead atoms. The number of hydrogen-bond donors (Lipinski definition) is 0. The van der Waals surface area contributed by atoms with Crippen molar-refractivity contribution in [3.8, 4) is 6.01 Å². The summed E-state index contributed by atoms with van der Waals surface area (Å²) in [5, 5.41) is 0. The van der Waals surface area contributed by atoms with E-state index < -0.39 is 0 Å². The summed E-state index contributed by atoms with van der Waals surface area (Å²) >= 11 is 0. The maximum absolute atomic E-state index is 4.83. The average molecular weight is 226 g/mol. The molecule has 1 radical (unpaired) electrons. The van der Waals surface area contributed by atoms with E-state index in [1.165, 1.54) is 0 Å². The number of nitrogens with zero attached hydrogens (tertiary/aromatic N) is 2. The van der Waals surface area contributed by atoms with Gasteiger partial charge in [0.25, 0.3) is 0 Å². The summed E-state index contributed by atoms with van der Waals surface area (Å²) in [5.74, 6) is 0. The zero-order valence-corrected chi connectivity index (χ0v) is 9.72. The van der Waals surface area contributed by atoms with E-state index in [1.807, 2.05) is 13.8 Å². The van der Waals surface area contributed by atoms with Crippen LogP contribution in [-0.4, -0.2) is 17.1 Å². The SMILES string of the molecule is COc1nc(C)[c-]c(C)n1.[Y]. The Kier molecular flexibility index (Phi) is 4.77. The fourth-order valence-electron chi connectivity index (χ4n) is 0.721. The van der Waals surface area contributed by atoms with Crippen LogP contribution in [0.2, 0.25) is 0 Å². The van der Waals surface area contributed by atoms with Crippen molar-refractivity contribution in [2.24, 2.45) is 0 Å². The summed E-state index contributed by atoms with van der Waals surface area (Å²) < 4.78 is 4.83. The van der Waals surface area contributed by atoms with Crippen molar-refractivity contribution in [2.75, 3.05) is 7.11 Å². The zero-order valence-electron chi connectivity index (χ0n) is 6.88. The molecule has 0 amide bonds. The maximum Gasteiger partial charge on any atom is 0.310 e. The molecule has 0 unspecified atom stereocenters. The van der Waals surface area contributed by atoms with E-state index in [0.717, 1.165) is 11.4 Å². The standard InChI is InChI=1S/C7H9N2O.Y/c1-5-4-6(2)9-7(8-5)10-3;/h1-3H3;/q-1;. The smallest absolute Gasteiger partial charge is 0.310 e. The Morgan fingerprint density at radius 2 is 1.64 bits per heavy atom. The van der Waals surface area contributed by atoms with Gasteiger partial charge in [-0.1, -0.05) is 13.8 Å². The van der Waals surface area contributed by atoms with Gasteiger partial charge in [-0.3, -0.25) is 0 Å². The van der Waals surface area contributed by atoms with Gasteiger partial charge in [-0.25, -0.2) is 9.97 Å². The molecule has 3 nitrogen and oxygen atoms in total. The Hall–Kier alpha value is -0.0161. The first kappa shape index (κ1) is 11.0. The van der Waals surface area contributed by atoms with Crippen LogP contribution in [0.25, 0.3) is 0 Å². The second kappa shape index (κ2) is 4.78. The van der Waals surface area contributed by atoms with E-state index in [-0.39, 0.29) is 32.7 Å². The zero-order chi connectivity index (χ0) is 7.56. The van der Waals surface area contributed by atoms with E-state index in [2.05, 4.69) is 16.0 Å². The van der Waals surface area contributed by atoms with Gasteiger partial charge in [0.2, 0.25) is 0 Å².